The van der Waals surface area contributed by atoms with Crippen LogP contribution in [-0.2, 0) is 9.53 Å². The smallest absolute Gasteiger partial charge is 0.315 e. The van der Waals surface area contributed by atoms with Gasteiger partial charge in [-0.1, -0.05) is 24.3 Å². The van der Waals surface area contributed by atoms with Gasteiger partial charge in [0.25, 0.3) is 0 Å². The maximum atomic E-state index is 11.1. The van der Waals surface area contributed by atoms with E-state index in [0.29, 0.717) is 12.3 Å². The molecule has 88 valence electrons. The molecule has 0 spiro atoms. The predicted octanol–water partition coefficient (Wildman–Crippen LogP) is 1.90. The lowest BCUT2D eigenvalue weighted by Gasteiger charge is -2.16. The summed E-state index contributed by atoms with van der Waals surface area (Å²) in [5.74, 6) is 0.129. The Balaban J connectivity index is 2.68. The number of thioether (sulfide) groups is 1. The summed E-state index contributed by atoms with van der Waals surface area (Å²) >= 11 is 1.52. The summed E-state index contributed by atoms with van der Waals surface area (Å²) in [5.41, 5.74) is 8.13. The lowest BCUT2D eigenvalue weighted by Crippen LogP contribution is -2.13. The summed E-state index contributed by atoms with van der Waals surface area (Å²) in [6.07, 6.45) is 0. The number of benzene rings is 1. The summed E-state index contributed by atoms with van der Waals surface area (Å²) in [5, 5.41) is 0.153. The number of carbonyl (C=O) groups is 1. The number of ether oxygens (including phenoxy) is 1. The van der Waals surface area contributed by atoms with Gasteiger partial charge in [-0.25, -0.2) is 0 Å². The molecule has 0 amide bonds. The van der Waals surface area contributed by atoms with Gasteiger partial charge in [-0.15, -0.1) is 11.8 Å². The molecule has 1 aromatic rings. The van der Waals surface area contributed by atoms with Gasteiger partial charge in [-0.3, -0.25) is 4.79 Å². The Bertz CT molecular complexity index is 355. The van der Waals surface area contributed by atoms with Crippen molar-refractivity contribution in [2.45, 2.75) is 12.2 Å². The molecule has 1 aromatic carbocycles. The Morgan fingerprint density at radius 3 is 2.75 bits per heavy atom. The number of esters is 1. The zero-order valence-corrected chi connectivity index (χ0v) is 10.4. The normalized spacial score (nSPS) is 12.2. The van der Waals surface area contributed by atoms with Crippen molar-refractivity contribution in [3.63, 3.8) is 0 Å². The number of hydrogen-bond donors (Lipinski definition) is 1. The van der Waals surface area contributed by atoms with E-state index in [-0.39, 0.29) is 11.2 Å². The molecule has 0 bridgehead atoms. The summed E-state index contributed by atoms with van der Waals surface area (Å²) in [6.45, 7) is 2.57. The van der Waals surface area contributed by atoms with E-state index >= 15 is 0 Å². The zero-order chi connectivity index (χ0) is 12.0. The van der Waals surface area contributed by atoms with Crippen LogP contribution in [0.25, 0.3) is 0 Å². The molecular weight excluding hydrogens is 222 g/mol. The molecule has 0 saturated heterocycles. The van der Waals surface area contributed by atoms with Crippen LogP contribution in [0.4, 0.5) is 0 Å². The fourth-order valence-corrected chi connectivity index (χ4v) is 2.50. The molecular formula is C12H17NO2S. The lowest BCUT2D eigenvalue weighted by molar-refractivity contribution is -0.137. The summed E-state index contributed by atoms with van der Waals surface area (Å²) in [6, 6.07) is 8.09. The van der Waals surface area contributed by atoms with E-state index in [0.717, 1.165) is 0 Å². The third-order valence-corrected chi connectivity index (χ3v) is 3.63. The Morgan fingerprint density at radius 2 is 2.19 bits per heavy atom. The maximum Gasteiger partial charge on any atom is 0.315 e. The highest BCUT2D eigenvalue weighted by Crippen LogP contribution is 2.29. The van der Waals surface area contributed by atoms with Crippen LogP contribution in [-0.4, -0.2) is 25.4 Å². The molecule has 3 nitrogen and oxygen atoms in total. The summed E-state index contributed by atoms with van der Waals surface area (Å²) < 4.78 is 4.61. The van der Waals surface area contributed by atoms with Crippen molar-refractivity contribution in [2.75, 3.05) is 19.4 Å². The topological polar surface area (TPSA) is 52.3 Å². The molecule has 2 N–H and O–H groups in total. The maximum absolute atomic E-state index is 11.1. The molecule has 4 heteroatoms. The first-order valence-corrected chi connectivity index (χ1v) is 6.18. The average Bonchev–Trinajstić information content (AvgIpc) is 2.31. The van der Waals surface area contributed by atoms with Crippen molar-refractivity contribution >= 4 is 17.7 Å². The van der Waals surface area contributed by atoms with Gasteiger partial charge in [-0.05, 0) is 18.1 Å². The van der Waals surface area contributed by atoms with Crippen LogP contribution in [0.15, 0.2) is 24.3 Å². The second-order valence-corrected chi connectivity index (χ2v) is 4.66. The molecule has 0 radical (unpaired) electrons. The van der Waals surface area contributed by atoms with Crippen LogP contribution in [0.3, 0.4) is 0 Å². The van der Waals surface area contributed by atoms with E-state index in [1.165, 1.54) is 30.0 Å². The summed E-state index contributed by atoms with van der Waals surface area (Å²) in [4.78, 5) is 11.1. The lowest BCUT2D eigenvalue weighted by atomic mass is 10.1. The Morgan fingerprint density at radius 1 is 1.50 bits per heavy atom. The third kappa shape index (κ3) is 3.54. The van der Waals surface area contributed by atoms with Crippen molar-refractivity contribution in [1.82, 2.24) is 0 Å². The highest BCUT2D eigenvalue weighted by molar-refractivity contribution is 8.00. The van der Waals surface area contributed by atoms with Crippen LogP contribution >= 0.6 is 11.8 Å². The monoisotopic (exact) mass is 239 g/mol. The van der Waals surface area contributed by atoms with E-state index in [4.69, 9.17) is 5.73 Å². The van der Waals surface area contributed by atoms with E-state index in [2.05, 4.69) is 23.8 Å². The molecule has 0 fully saturated rings. The quantitative estimate of drug-likeness (QED) is 0.797. The first kappa shape index (κ1) is 13.1. The van der Waals surface area contributed by atoms with Gasteiger partial charge >= 0.3 is 5.97 Å². The van der Waals surface area contributed by atoms with Crippen LogP contribution in [0, 0.1) is 6.92 Å². The molecule has 0 aromatic heterocycles. The average molecular weight is 239 g/mol. The summed E-state index contributed by atoms with van der Waals surface area (Å²) in [7, 11) is 1.40. The molecule has 0 saturated carbocycles. The van der Waals surface area contributed by atoms with Gasteiger partial charge in [0.15, 0.2) is 0 Å². The van der Waals surface area contributed by atoms with Crippen LogP contribution in [0.1, 0.15) is 16.4 Å². The van der Waals surface area contributed by atoms with Crippen LogP contribution < -0.4 is 5.73 Å². The van der Waals surface area contributed by atoms with E-state index in [1.54, 1.807) is 0 Å². The highest BCUT2D eigenvalue weighted by atomic mass is 32.2. The van der Waals surface area contributed by atoms with E-state index in [9.17, 15) is 4.79 Å². The zero-order valence-electron chi connectivity index (χ0n) is 9.60. The van der Waals surface area contributed by atoms with Crippen LogP contribution in [0.2, 0.25) is 0 Å². The molecule has 1 atom stereocenters. The SMILES string of the molecule is COC(=O)CSC(CN)c1ccccc1C. The Hall–Kier alpha value is -1.00. The minimum Gasteiger partial charge on any atom is -0.468 e. The molecule has 16 heavy (non-hydrogen) atoms. The minimum atomic E-state index is -0.211. The van der Waals surface area contributed by atoms with Gasteiger partial charge in [0.2, 0.25) is 0 Å². The van der Waals surface area contributed by atoms with Crippen molar-refractivity contribution in [1.29, 1.82) is 0 Å². The van der Waals surface area contributed by atoms with Gasteiger partial charge in [0, 0.05) is 11.8 Å². The predicted molar refractivity (Wildman–Crippen MR) is 67.4 cm³/mol. The van der Waals surface area contributed by atoms with E-state index in [1.807, 2.05) is 12.1 Å². The second-order valence-electron chi connectivity index (χ2n) is 3.47. The largest absolute Gasteiger partial charge is 0.468 e. The minimum absolute atomic E-state index is 0.153. The van der Waals surface area contributed by atoms with Gasteiger partial charge < -0.3 is 10.5 Å². The molecule has 0 aliphatic rings. The van der Waals surface area contributed by atoms with Crippen molar-refractivity contribution < 1.29 is 9.53 Å². The number of rotatable bonds is 5. The fourth-order valence-electron chi connectivity index (χ4n) is 1.46. The van der Waals surface area contributed by atoms with Crippen molar-refractivity contribution in [3.8, 4) is 0 Å². The first-order valence-electron chi connectivity index (χ1n) is 5.13. The Kier molecular flexibility index (Phi) is 5.35. The van der Waals surface area contributed by atoms with Gasteiger partial charge in [0.1, 0.15) is 0 Å². The van der Waals surface area contributed by atoms with Crippen LogP contribution in [0.5, 0.6) is 0 Å². The first-order chi connectivity index (χ1) is 7.69. The number of nitrogens with two attached hydrogens (primary N) is 1. The third-order valence-electron chi connectivity index (χ3n) is 2.38. The Labute approximate surface area is 100 Å². The van der Waals surface area contributed by atoms with E-state index < -0.39 is 0 Å². The molecule has 0 aliphatic carbocycles. The molecule has 1 unspecified atom stereocenters. The second kappa shape index (κ2) is 6.55. The fraction of sp³-hybridized carbons (Fsp3) is 0.417. The number of aryl methyl sites for hydroxylation is 1. The van der Waals surface area contributed by atoms with Crippen molar-refractivity contribution in [2.24, 2.45) is 5.73 Å². The standard InChI is InChI=1S/C12H17NO2S/c1-9-5-3-4-6-10(9)11(7-13)16-8-12(14)15-2/h3-6,11H,7-8,13H2,1-2H3. The highest BCUT2D eigenvalue weighted by Gasteiger charge is 2.14. The van der Waals surface area contributed by atoms with Gasteiger partial charge in [-0.2, -0.15) is 0 Å². The number of hydrogen-bond acceptors (Lipinski definition) is 4. The number of methoxy groups -OCH3 is 1. The van der Waals surface area contributed by atoms with Crippen molar-refractivity contribution in [3.05, 3.63) is 35.4 Å². The molecule has 1 rings (SSSR count). The van der Waals surface area contributed by atoms with Gasteiger partial charge in [0.05, 0.1) is 12.9 Å². The number of carbonyl (C=O) groups excluding carboxylic acids is 1. The molecule has 0 aliphatic heterocycles. The molecule has 0 heterocycles.